The van der Waals surface area contributed by atoms with Crippen molar-refractivity contribution in [1.82, 2.24) is 4.90 Å². The number of hydrogen-bond donors (Lipinski definition) is 1. The topological polar surface area (TPSA) is 57.6 Å². The number of amides is 1. The minimum absolute atomic E-state index is 0.0129. The molecule has 0 spiro atoms. The molecular formula is C11H9ClFNO3S. The first-order chi connectivity index (χ1) is 8.50. The average molecular weight is 290 g/mol. The molecule has 0 aromatic heterocycles. The maximum absolute atomic E-state index is 12.9. The zero-order chi connectivity index (χ0) is 13.3. The van der Waals surface area contributed by atoms with Crippen LogP contribution in [0.1, 0.15) is 10.4 Å². The van der Waals surface area contributed by atoms with Gasteiger partial charge in [0.15, 0.2) is 0 Å². The summed E-state index contributed by atoms with van der Waals surface area (Å²) < 4.78 is 12.9. The molecule has 96 valence electrons. The van der Waals surface area contributed by atoms with Gasteiger partial charge in [-0.1, -0.05) is 11.6 Å². The van der Waals surface area contributed by atoms with Crippen molar-refractivity contribution in [3.05, 3.63) is 34.6 Å². The van der Waals surface area contributed by atoms with Gasteiger partial charge in [0.1, 0.15) is 11.9 Å². The van der Waals surface area contributed by atoms with Crippen LogP contribution in [0.3, 0.4) is 0 Å². The van der Waals surface area contributed by atoms with E-state index in [1.807, 2.05) is 0 Å². The van der Waals surface area contributed by atoms with Gasteiger partial charge in [0.05, 0.1) is 16.5 Å². The zero-order valence-electron chi connectivity index (χ0n) is 9.10. The summed E-state index contributed by atoms with van der Waals surface area (Å²) in [4.78, 5) is 24.4. The quantitative estimate of drug-likeness (QED) is 0.905. The van der Waals surface area contributed by atoms with Crippen molar-refractivity contribution in [3.8, 4) is 0 Å². The summed E-state index contributed by atoms with van der Waals surface area (Å²) in [6.45, 7) is 0. The molecule has 4 nitrogen and oxygen atoms in total. The largest absolute Gasteiger partial charge is 0.480 e. The van der Waals surface area contributed by atoms with Crippen molar-refractivity contribution in [2.24, 2.45) is 0 Å². The van der Waals surface area contributed by atoms with Gasteiger partial charge < -0.3 is 10.0 Å². The van der Waals surface area contributed by atoms with E-state index < -0.39 is 23.7 Å². The smallest absolute Gasteiger partial charge is 0.327 e. The highest BCUT2D eigenvalue weighted by Crippen LogP contribution is 2.26. The number of benzene rings is 1. The summed E-state index contributed by atoms with van der Waals surface area (Å²) in [5, 5.41) is 8.98. The first-order valence-electron chi connectivity index (χ1n) is 5.07. The van der Waals surface area contributed by atoms with E-state index in [9.17, 15) is 14.0 Å². The number of nitrogens with zero attached hydrogens (tertiary/aromatic N) is 1. The molecule has 1 aliphatic rings. The first-order valence-corrected chi connectivity index (χ1v) is 6.60. The highest BCUT2D eigenvalue weighted by atomic mass is 35.5. The molecule has 18 heavy (non-hydrogen) atoms. The molecule has 1 N–H and O–H groups in total. The molecule has 0 aliphatic carbocycles. The lowest BCUT2D eigenvalue weighted by Gasteiger charge is -2.20. The lowest BCUT2D eigenvalue weighted by atomic mass is 10.1. The molecule has 2 rings (SSSR count). The Morgan fingerprint density at radius 3 is 2.83 bits per heavy atom. The van der Waals surface area contributed by atoms with Crippen molar-refractivity contribution in [3.63, 3.8) is 0 Å². The Labute approximate surface area is 112 Å². The van der Waals surface area contributed by atoms with Crippen LogP contribution in [0.25, 0.3) is 0 Å². The van der Waals surface area contributed by atoms with Crippen LogP contribution in [0.4, 0.5) is 4.39 Å². The fraction of sp³-hybridized carbons (Fsp3) is 0.273. The Morgan fingerprint density at radius 1 is 1.50 bits per heavy atom. The van der Waals surface area contributed by atoms with Crippen molar-refractivity contribution < 1.29 is 19.1 Å². The van der Waals surface area contributed by atoms with Crippen molar-refractivity contribution in [1.29, 1.82) is 0 Å². The average Bonchev–Trinajstić information content (AvgIpc) is 2.77. The van der Waals surface area contributed by atoms with Gasteiger partial charge in [-0.3, -0.25) is 4.79 Å². The molecule has 1 saturated heterocycles. The van der Waals surface area contributed by atoms with Gasteiger partial charge in [-0.2, -0.15) is 0 Å². The fourth-order valence-corrected chi connectivity index (χ4v) is 3.06. The van der Waals surface area contributed by atoms with E-state index in [2.05, 4.69) is 0 Å². The monoisotopic (exact) mass is 289 g/mol. The summed E-state index contributed by atoms with van der Waals surface area (Å²) >= 11 is 7.15. The number of hydrogen-bond acceptors (Lipinski definition) is 3. The van der Waals surface area contributed by atoms with E-state index in [-0.39, 0.29) is 10.6 Å². The van der Waals surface area contributed by atoms with Crippen LogP contribution in [-0.2, 0) is 4.79 Å². The summed E-state index contributed by atoms with van der Waals surface area (Å²) in [6, 6.07) is 2.57. The Bertz CT molecular complexity index is 511. The number of carbonyl (C=O) groups is 2. The molecule has 0 saturated carbocycles. The van der Waals surface area contributed by atoms with Crippen molar-refractivity contribution >= 4 is 35.2 Å². The highest BCUT2D eigenvalue weighted by Gasteiger charge is 2.35. The van der Waals surface area contributed by atoms with Crippen molar-refractivity contribution in [2.75, 3.05) is 11.6 Å². The standard InChI is InChI=1S/C11H9ClFNO3S/c12-8-3-6(13)1-2-7(8)10(15)14-5-18-4-9(14)11(16)17/h1-3,9H,4-5H2,(H,16,17)/t9-/m0/s1. The van der Waals surface area contributed by atoms with Gasteiger partial charge in [0, 0.05) is 5.75 Å². The van der Waals surface area contributed by atoms with Crippen LogP contribution in [0, 0.1) is 5.82 Å². The van der Waals surface area contributed by atoms with E-state index in [4.69, 9.17) is 16.7 Å². The fourth-order valence-electron chi connectivity index (χ4n) is 1.67. The van der Waals surface area contributed by atoms with Crippen LogP contribution in [0.2, 0.25) is 5.02 Å². The van der Waals surface area contributed by atoms with Gasteiger partial charge in [0.25, 0.3) is 5.91 Å². The molecule has 1 atom stereocenters. The van der Waals surface area contributed by atoms with E-state index in [1.54, 1.807) is 0 Å². The Kier molecular flexibility index (Phi) is 3.77. The summed E-state index contributed by atoms with van der Waals surface area (Å²) in [7, 11) is 0. The SMILES string of the molecule is O=C(O)[C@@H]1CSCN1C(=O)c1ccc(F)cc1Cl. The number of carboxylic acids is 1. The first kappa shape index (κ1) is 13.2. The lowest BCUT2D eigenvalue weighted by molar-refractivity contribution is -0.140. The molecule has 1 fully saturated rings. The maximum atomic E-state index is 12.9. The van der Waals surface area contributed by atoms with Gasteiger partial charge in [-0.05, 0) is 18.2 Å². The second kappa shape index (κ2) is 5.16. The Hall–Kier alpha value is -1.27. The number of aliphatic carboxylic acids is 1. The normalized spacial score (nSPS) is 19.0. The molecule has 1 aliphatic heterocycles. The summed E-state index contributed by atoms with van der Waals surface area (Å²) in [6.07, 6.45) is 0. The lowest BCUT2D eigenvalue weighted by Crippen LogP contribution is -2.41. The van der Waals surface area contributed by atoms with Crippen LogP contribution >= 0.6 is 23.4 Å². The molecule has 0 bridgehead atoms. The number of carboxylic acid groups (broad SMARTS) is 1. The summed E-state index contributed by atoms with van der Waals surface area (Å²) in [5.41, 5.74) is 0.117. The molecule has 1 heterocycles. The highest BCUT2D eigenvalue weighted by molar-refractivity contribution is 7.99. The molecule has 1 aromatic carbocycles. The Balaban J connectivity index is 2.28. The number of thioether (sulfide) groups is 1. The van der Waals surface area contributed by atoms with E-state index >= 15 is 0 Å². The van der Waals surface area contributed by atoms with E-state index in [0.717, 1.165) is 12.1 Å². The number of carbonyl (C=O) groups excluding carboxylic acids is 1. The van der Waals surface area contributed by atoms with Gasteiger partial charge in [-0.15, -0.1) is 11.8 Å². The van der Waals surface area contributed by atoms with Crippen LogP contribution in [0.15, 0.2) is 18.2 Å². The van der Waals surface area contributed by atoms with Gasteiger partial charge in [-0.25, -0.2) is 9.18 Å². The Morgan fingerprint density at radius 2 is 2.22 bits per heavy atom. The van der Waals surface area contributed by atoms with E-state index in [0.29, 0.717) is 11.6 Å². The third-order valence-electron chi connectivity index (χ3n) is 2.59. The van der Waals surface area contributed by atoms with E-state index in [1.165, 1.54) is 22.7 Å². The molecule has 1 aromatic rings. The van der Waals surface area contributed by atoms with Crippen LogP contribution < -0.4 is 0 Å². The van der Waals surface area contributed by atoms with Gasteiger partial charge >= 0.3 is 5.97 Å². The number of halogens is 2. The molecule has 0 unspecified atom stereocenters. The second-order valence-electron chi connectivity index (χ2n) is 3.75. The number of rotatable bonds is 2. The molecule has 7 heteroatoms. The second-order valence-corrected chi connectivity index (χ2v) is 5.16. The molecular weight excluding hydrogens is 281 g/mol. The zero-order valence-corrected chi connectivity index (χ0v) is 10.7. The minimum Gasteiger partial charge on any atom is -0.480 e. The van der Waals surface area contributed by atoms with Gasteiger partial charge in [0.2, 0.25) is 0 Å². The van der Waals surface area contributed by atoms with Crippen molar-refractivity contribution in [2.45, 2.75) is 6.04 Å². The molecule has 1 amide bonds. The predicted octanol–water partition coefficient (Wildman–Crippen LogP) is 2.08. The van der Waals surface area contributed by atoms with Crippen LogP contribution in [-0.4, -0.2) is 39.6 Å². The minimum atomic E-state index is -1.05. The molecule has 0 radical (unpaired) electrons. The summed E-state index contributed by atoms with van der Waals surface area (Å²) in [5.74, 6) is -1.44. The van der Waals surface area contributed by atoms with Crippen LogP contribution in [0.5, 0.6) is 0 Å². The third-order valence-corrected chi connectivity index (χ3v) is 3.91. The predicted molar refractivity (Wildman–Crippen MR) is 66.3 cm³/mol. The maximum Gasteiger partial charge on any atom is 0.327 e. The third kappa shape index (κ3) is 2.44.